The highest BCUT2D eigenvalue weighted by Gasteiger charge is 2.10. The van der Waals surface area contributed by atoms with Gasteiger partial charge in [0.05, 0.1) is 0 Å². The Morgan fingerprint density at radius 1 is 1.43 bits per heavy atom. The number of halogens is 1. The summed E-state index contributed by atoms with van der Waals surface area (Å²) >= 11 is 5.86. The molecule has 2 nitrogen and oxygen atoms in total. The van der Waals surface area contributed by atoms with E-state index in [4.69, 9.17) is 16.3 Å². The molecule has 0 aliphatic rings. The van der Waals surface area contributed by atoms with Gasteiger partial charge in [0.25, 0.3) is 0 Å². The highest BCUT2D eigenvalue weighted by atomic mass is 35.5. The fourth-order valence-electron chi connectivity index (χ4n) is 0.950. The van der Waals surface area contributed by atoms with Crippen LogP contribution >= 0.6 is 11.6 Å². The summed E-state index contributed by atoms with van der Waals surface area (Å²) < 4.78 is 4.92. The lowest BCUT2D eigenvalue weighted by molar-refractivity contribution is -0.139. The van der Waals surface area contributed by atoms with Crippen molar-refractivity contribution >= 4 is 17.6 Å². The molecule has 0 saturated carbocycles. The first-order valence-corrected chi connectivity index (χ1v) is 4.70. The molecule has 1 rings (SSSR count). The van der Waals surface area contributed by atoms with Crippen LogP contribution in [0.4, 0.5) is 0 Å². The van der Waals surface area contributed by atoms with Crippen LogP contribution in [-0.2, 0) is 9.53 Å². The molecule has 14 heavy (non-hydrogen) atoms. The minimum atomic E-state index is -0.722. The fraction of sp³-hybridized carbons (Fsp3) is 0.182. The summed E-state index contributed by atoms with van der Waals surface area (Å²) in [5, 5.41) is 0. The predicted octanol–water partition coefficient (Wildman–Crippen LogP) is 3.04. The van der Waals surface area contributed by atoms with Crippen molar-refractivity contribution in [2.24, 2.45) is 0 Å². The molecule has 0 heterocycles. The summed E-state index contributed by atoms with van der Waals surface area (Å²) in [6.07, 6.45) is 2.94. The van der Waals surface area contributed by atoms with Gasteiger partial charge in [0.2, 0.25) is 5.56 Å². The number of carbonyl (C=O) groups excluding carboxylic acids is 1. The molecule has 1 atom stereocenters. The number of rotatable bonds is 3. The first kappa shape index (κ1) is 10.8. The normalized spacial score (nSPS) is 12.7. The van der Waals surface area contributed by atoms with E-state index in [1.165, 1.54) is 6.08 Å². The molecule has 0 aliphatic heterocycles. The zero-order valence-corrected chi connectivity index (χ0v) is 8.57. The Hall–Kier alpha value is -1.28. The van der Waals surface area contributed by atoms with Gasteiger partial charge in [0.15, 0.2) is 0 Å². The van der Waals surface area contributed by atoms with E-state index in [0.717, 1.165) is 5.56 Å². The number of allylic oxidation sites excluding steroid dienone is 1. The minimum Gasteiger partial charge on any atom is -0.438 e. The van der Waals surface area contributed by atoms with Crippen LogP contribution in [0.3, 0.4) is 0 Å². The third-order valence-corrected chi connectivity index (χ3v) is 1.93. The zero-order chi connectivity index (χ0) is 10.4. The maximum atomic E-state index is 11.0. The van der Waals surface area contributed by atoms with Gasteiger partial charge in [-0.2, -0.15) is 0 Å². The molecule has 0 N–H and O–H groups in total. The molecule has 0 saturated heterocycles. The van der Waals surface area contributed by atoms with Gasteiger partial charge >= 0.3 is 5.97 Å². The molecular weight excluding hydrogens is 200 g/mol. The second-order valence-electron chi connectivity index (χ2n) is 2.66. The van der Waals surface area contributed by atoms with Crippen molar-refractivity contribution in [3.05, 3.63) is 48.0 Å². The summed E-state index contributed by atoms with van der Waals surface area (Å²) in [5.74, 6) is -0.434. The number of esters is 1. The predicted molar refractivity (Wildman–Crippen MR) is 55.9 cm³/mol. The molecule has 0 fully saturated rings. The number of hydrogen-bond donors (Lipinski definition) is 0. The molecule has 0 aromatic heterocycles. The van der Waals surface area contributed by atoms with Gasteiger partial charge in [-0.25, -0.2) is 4.79 Å². The number of carbonyl (C=O) groups is 1. The number of ether oxygens (including phenoxy) is 1. The maximum absolute atomic E-state index is 11.0. The van der Waals surface area contributed by atoms with Crippen LogP contribution in [0.5, 0.6) is 0 Å². The summed E-state index contributed by atoms with van der Waals surface area (Å²) in [4.78, 5) is 11.0. The molecule has 0 spiro atoms. The van der Waals surface area contributed by atoms with Crippen molar-refractivity contribution in [1.29, 1.82) is 0 Å². The highest BCUT2D eigenvalue weighted by Crippen LogP contribution is 2.21. The van der Waals surface area contributed by atoms with Crippen LogP contribution in [0, 0.1) is 0 Å². The topological polar surface area (TPSA) is 26.3 Å². The summed E-state index contributed by atoms with van der Waals surface area (Å²) in [6, 6.07) is 9.17. The van der Waals surface area contributed by atoms with E-state index in [-0.39, 0.29) is 0 Å². The van der Waals surface area contributed by atoms with Crippen molar-refractivity contribution in [1.82, 2.24) is 0 Å². The van der Waals surface area contributed by atoms with Crippen molar-refractivity contribution in [3.8, 4) is 0 Å². The van der Waals surface area contributed by atoms with Crippen LogP contribution < -0.4 is 0 Å². The van der Waals surface area contributed by atoms with Crippen LogP contribution in [-0.4, -0.2) is 5.97 Å². The lowest BCUT2D eigenvalue weighted by atomic mass is 10.2. The molecule has 0 aliphatic carbocycles. The number of benzene rings is 1. The lowest BCUT2D eigenvalue weighted by Gasteiger charge is -2.09. The van der Waals surface area contributed by atoms with Gasteiger partial charge < -0.3 is 4.74 Å². The average Bonchev–Trinajstić information content (AvgIpc) is 2.19. The quantitative estimate of drug-likeness (QED) is 0.436. The van der Waals surface area contributed by atoms with E-state index in [1.807, 2.05) is 18.2 Å². The first-order valence-electron chi connectivity index (χ1n) is 4.26. The Bertz CT molecular complexity index is 319. The van der Waals surface area contributed by atoms with Crippen molar-refractivity contribution in [3.63, 3.8) is 0 Å². The largest absolute Gasteiger partial charge is 0.438 e. The lowest BCUT2D eigenvalue weighted by Crippen LogP contribution is -2.03. The summed E-state index contributed by atoms with van der Waals surface area (Å²) in [7, 11) is 0. The van der Waals surface area contributed by atoms with Crippen molar-refractivity contribution < 1.29 is 9.53 Å². The second kappa shape index (κ2) is 5.45. The van der Waals surface area contributed by atoms with Gasteiger partial charge in [-0.15, -0.1) is 0 Å². The Balaban J connectivity index is 2.59. The van der Waals surface area contributed by atoms with E-state index in [1.54, 1.807) is 25.1 Å². The molecule has 1 aromatic carbocycles. The molecule has 0 radical (unpaired) electrons. The molecule has 0 amide bonds. The van der Waals surface area contributed by atoms with E-state index < -0.39 is 11.5 Å². The van der Waals surface area contributed by atoms with E-state index in [2.05, 4.69) is 0 Å². The van der Waals surface area contributed by atoms with Gasteiger partial charge in [-0.1, -0.05) is 48.0 Å². The SMILES string of the molecule is C/C=C/C(=O)OC(Cl)c1ccccc1. The van der Waals surface area contributed by atoms with E-state index in [9.17, 15) is 4.79 Å². The van der Waals surface area contributed by atoms with Crippen LogP contribution in [0.15, 0.2) is 42.5 Å². The van der Waals surface area contributed by atoms with E-state index in [0.29, 0.717) is 0 Å². The molecule has 3 heteroatoms. The number of alkyl halides is 1. The highest BCUT2D eigenvalue weighted by molar-refractivity contribution is 6.20. The average molecular weight is 211 g/mol. The standard InChI is InChI=1S/C11H11ClO2/c1-2-6-10(13)14-11(12)9-7-4-3-5-8-9/h2-8,11H,1H3/b6-2+. The Morgan fingerprint density at radius 3 is 2.64 bits per heavy atom. The molecule has 74 valence electrons. The molecule has 1 aromatic rings. The maximum Gasteiger partial charge on any atom is 0.332 e. The Morgan fingerprint density at radius 2 is 2.07 bits per heavy atom. The second-order valence-corrected chi connectivity index (χ2v) is 3.06. The van der Waals surface area contributed by atoms with Gasteiger partial charge in [-0.3, -0.25) is 0 Å². The molecular formula is C11H11ClO2. The van der Waals surface area contributed by atoms with Gasteiger partial charge in [0.1, 0.15) is 0 Å². The fourth-order valence-corrected chi connectivity index (χ4v) is 1.18. The van der Waals surface area contributed by atoms with Crippen molar-refractivity contribution in [2.45, 2.75) is 12.5 Å². The van der Waals surface area contributed by atoms with Gasteiger partial charge in [0, 0.05) is 11.6 Å². The van der Waals surface area contributed by atoms with Crippen LogP contribution in [0.2, 0.25) is 0 Å². The smallest absolute Gasteiger partial charge is 0.332 e. The minimum absolute atomic E-state index is 0.434. The summed E-state index contributed by atoms with van der Waals surface area (Å²) in [6.45, 7) is 1.74. The monoisotopic (exact) mass is 210 g/mol. The Labute approximate surface area is 88.1 Å². The molecule has 1 unspecified atom stereocenters. The van der Waals surface area contributed by atoms with E-state index >= 15 is 0 Å². The van der Waals surface area contributed by atoms with Crippen molar-refractivity contribution in [2.75, 3.05) is 0 Å². The first-order chi connectivity index (χ1) is 6.74. The van der Waals surface area contributed by atoms with Crippen LogP contribution in [0.25, 0.3) is 0 Å². The Kier molecular flexibility index (Phi) is 4.20. The van der Waals surface area contributed by atoms with Gasteiger partial charge in [-0.05, 0) is 6.92 Å². The van der Waals surface area contributed by atoms with Crippen LogP contribution in [0.1, 0.15) is 18.1 Å². The number of hydrogen-bond acceptors (Lipinski definition) is 2. The third-order valence-electron chi connectivity index (χ3n) is 1.58. The molecule has 0 bridgehead atoms. The third kappa shape index (κ3) is 3.23. The zero-order valence-electron chi connectivity index (χ0n) is 7.81. The summed E-state index contributed by atoms with van der Waals surface area (Å²) in [5.41, 5.74) is 0.0481.